The second-order valence-electron chi connectivity index (χ2n) is 15.3. The summed E-state index contributed by atoms with van der Waals surface area (Å²) in [6.07, 6.45) is 0. The molecular weight excluding hydrogens is 717 g/mol. The van der Waals surface area contributed by atoms with E-state index >= 15 is 0 Å². The summed E-state index contributed by atoms with van der Waals surface area (Å²) >= 11 is 0. The van der Waals surface area contributed by atoms with Crippen LogP contribution in [0.4, 0.5) is 34.1 Å². The normalized spacial score (nSPS) is 12.5. The highest BCUT2D eigenvalue weighted by atomic mass is 16.5. The quantitative estimate of drug-likeness (QED) is 0.158. The summed E-state index contributed by atoms with van der Waals surface area (Å²) in [6, 6.07) is 78.4. The molecule has 4 nitrogen and oxygen atoms in total. The van der Waals surface area contributed by atoms with Gasteiger partial charge in [-0.1, -0.05) is 133 Å². The summed E-state index contributed by atoms with van der Waals surface area (Å²) in [7, 11) is 0. The molecule has 0 N–H and O–H groups in total. The smallest absolute Gasteiger partial charge is 0.256 e. The van der Waals surface area contributed by atoms with Gasteiger partial charge < -0.3 is 19.1 Å². The van der Waals surface area contributed by atoms with E-state index in [2.05, 4.69) is 233 Å². The van der Waals surface area contributed by atoms with Crippen molar-refractivity contribution in [2.45, 2.75) is 0 Å². The van der Waals surface area contributed by atoms with Gasteiger partial charge in [0.25, 0.3) is 6.71 Å². The molecule has 10 aromatic rings. The van der Waals surface area contributed by atoms with Crippen LogP contribution in [0.1, 0.15) is 0 Å². The van der Waals surface area contributed by atoms with Gasteiger partial charge in [-0.15, -0.1) is 0 Å². The first-order chi connectivity index (χ1) is 29.3. The zero-order valence-electron chi connectivity index (χ0n) is 32.1. The Labute approximate surface area is 343 Å². The number of para-hydroxylation sites is 5. The zero-order chi connectivity index (χ0) is 38.9. The zero-order valence-corrected chi connectivity index (χ0v) is 32.1. The van der Waals surface area contributed by atoms with E-state index in [9.17, 15) is 0 Å². The van der Waals surface area contributed by atoms with Crippen molar-refractivity contribution in [3.63, 3.8) is 0 Å². The van der Waals surface area contributed by atoms with E-state index in [1.165, 1.54) is 33.1 Å². The van der Waals surface area contributed by atoms with E-state index in [4.69, 9.17) is 4.74 Å². The van der Waals surface area contributed by atoms with Crippen molar-refractivity contribution >= 4 is 79.0 Å². The summed E-state index contributed by atoms with van der Waals surface area (Å²) in [5.41, 5.74) is 16.1. The minimum Gasteiger partial charge on any atom is -0.458 e. The second-order valence-corrected chi connectivity index (χ2v) is 15.3. The maximum atomic E-state index is 7.04. The van der Waals surface area contributed by atoms with Crippen LogP contribution >= 0.6 is 0 Å². The highest BCUT2D eigenvalue weighted by molar-refractivity contribution is 6.99. The minimum atomic E-state index is -0.0323. The first kappa shape index (κ1) is 33.4. The van der Waals surface area contributed by atoms with Gasteiger partial charge in [0.1, 0.15) is 11.5 Å². The maximum Gasteiger partial charge on any atom is 0.256 e. The molecule has 0 atom stereocenters. The van der Waals surface area contributed by atoms with Gasteiger partial charge in [-0.25, -0.2) is 0 Å². The molecule has 0 saturated heterocycles. The molecule has 0 saturated carbocycles. The first-order valence-electron chi connectivity index (χ1n) is 20.2. The Kier molecular flexibility index (Phi) is 7.60. The van der Waals surface area contributed by atoms with Crippen LogP contribution in [-0.4, -0.2) is 11.3 Å². The Morgan fingerprint density at radius 1 is 0.407 bits per heavy atom. The third-order valence-electron chi connectivity index (χ3n) is 12.0. The molecule has 0 aliphatic carbocycles. The topological polar surface area (TPSA) is 20.6 Å². The highest BCUT2D eigenvalue weighted by Crippen LogP contribution is 2.46. The van der Waals surface area contributed by atoms with Gasteiger partial charge >= 0.3 is 0 Å². The van der Waals surface area contributed by atoms with Crippen LogP contribution in [0.5, 0.6) is 11.5 Å². The number of aromatic nitrogens is 1. The van der Waals surface area contributed by atoms with Crippen molar-refractivity contribution < 1.29 is 4.74 Å². The summed E-state index contributed by atoms with van der Waals surface area (Å²) in [5.74, 6) is 1.79. The number of hydrogen-bond donors (Lipinski definition) is 0. The van der Waals surface area contributed by atoms with Crippen LogP contribution in [0.3, 0.4) is 0 Å². The third-order valence-corrected chi connectivity index (χ3v) is 12.0. The lowest BCUT2D eigenvalue weighted by Crippen LogP contribution is -2.59. The summed E-state index contributed by atoms with van der Waals surface area (Å²) in [6.45, 7) is -0.0323. The van der Waals surface area contributed by atoms with Crippen molar-refractivity contribution in [3.8, 4) is 28.3 Å². The summed E-state index contributed by atoms with van der Waals surface area (Å²) in [5, 5.41) is 2.33. The number of anilines is 6. The molecule has 59 heavy (non-hydrogen) atoms. The molecule has 5 heteroatoms. The van der Waals surface area contributed by atoms with Gasteiger partial charge in [-0.3, -0.25) is 0 Å². The van der Waals surface area contributed by atoms with E-state index < -0.39 is 0 Å². The van der Waals surface area contributed by atoms with Crippen LogP contribution in [0.2, 0.25) is 0 Å². The van der Waals surface area contributed by atoms with Crippen LogP contribution in [0.15, 0.2) is 218 Å². The molecule has 3 heterocycles. The van der Waals surface area contributed by atoms with Gasteiger partial charge in [0.2, 0.25) is 0 Å². The van der Waals surface area contributed by atoms with Gasteiger partial charge in [0, 0.05) is 50.5 Å². The van der Waals surface area contributed by atoms with Crippen LogP contribution in [0.25, 0.3) is 38.6 Å². The summed E-state index contributed by atoms with van der Waals surface area (Å²) in [4.78, 5) is 4.77. The number of rotatable bonds is 6. The summed E-state index contributed by atoms with van der Waals surface area (Å²) < 4.78 is 9.48. The Morgan fingerprint density at radius 2 is 1.02 bits per heavy atom. The van der Waals surface area contributed by atoms with E-state index in [0.717, 1.165) is 67.5 Å². The van der Waals surface area contributed by atoms with Gasteiger partial charge in [0.05, 0.1) is 16.7 Å². The minimum absolute atomic E-state index is 0.0323. The first-order valence-corrected chi connectivity index (χ1v) is 20.2. The predicted molar refractivity (Wildman–Crippen MR) is 247 cm³/mol. The molecule has 0 amide bonds. The molecule has 0 bridgehead atoms. The van der Waals surface area contributed by atoms with Gasteiger partial charge in [0.15, 0.2) is 0 Å². The lowest BCUT2D eigenvalue weighted by Gasteiger charge is -2.40. The molecule has 0 fully saturated rings. The Balaban J connectivity index is 1.09. The lowest BCUT2D eigenvalue weighted by atomic mass is 9.34. The molecule has 0 radical (unpaired) electrons. The van der Waals surface area contributed by atoms with Crippen LogP contribution in [-0.2, 0) is 0 Å². The number of fused-ring (bicyclic) bond motifs is 7. The molecule has 0 spiro atoms. The largest absolute Gasteiger partial charge is 0.458 e. The molecule has 9 aromatic carbocycles. The number of hydrogen-bond acceptors (Lipinski definition) is 3. The third kappa shape index (κ3) is 5.25. The van der Waals surface area contributed by atoms with Crippen molar-refractivity contribution in [3.05, 3.63) is 218 Å². The Bertz CT molecular complexity index is 3160. The van der Waals surface area contributed by atoms with Crippen molar-refractivity contribution in [2.75, 3.05) is 9.80 Å². The lowest BCUT2D eigenvalue weighted by molar-refractivity contribution is 0.488. The number of ether oxygens (including phenoxy) is 1. The van der Waals surface area contributed by atoms with Crippen LogP contribution < -0.4 is 30.9 Å². The molecule has 2 aliphatic heterocycles. The maximum absolute atomic E-state index is 7.04. The molecule has 0 unspecified atom stereocenters. The Morgan fingerprint density at radius 3 is 1.76 bits per heavy atom. The monoisotopic (exact) mass is 753 g/mol. The second kappa shape index (κ2) is 13.4. The Hall–Kier alpha value is -7.76. The molecular formula is C54H36BN3O. The van der Waals surface area contributed by atoms with Gasteiger partial charge in [-0.05, 0) is 107 Å². The molecule has 276 valence electrons. The fourth-order valence-electron chi connectivity index (χ4n) is 9.52. The van der Waals surface area contributed by atoms with E-state index in [0.29, 0.717) is 0 Å². The number of nitrogens with zero attached hydrogens (tertiary/aromatic N) is 3. The van der Waals surface area contributed by atoms with E-state index in [1.54, 1.807) is 0 Å². The fourth-order valence-corrected chi connectivity index (χ4v) is 9.52. The fraction of sp³-hybridized carbons (Fsp3) is 0. The van der Waals surface area contributed by atoms with Crippen molar-refractivity contribution in [1.29, 1.82) is 0 Å². The standard InChI is InChI=1S/C54H36BN3O/c1-5-18-37(19-6-1)42-26-13-15-28-47(42)58-48-29-16-14-27-45(48)55-46-36-51-44(35-53(46)59-52-31-17-30-49(58)54(52)55)43-33-32-41(34-50(43)57(51)40-24-11-4-12-25-40)56(38-20-7-2-8-21-38)39-22-9-3-10-23-39/h1-36H. The number of benzene rings is 9. The predicted octanol–water partition coefficient (Wildman–Crippen LogP) is 12.3. The molecule has 2 aliphatic rings. The van der Waals surface area contributed by atoms with Crippen LogP contribution in [0, 0.1) is 0 Å². The van der Waals surface area contributed by atoms with E-state index in [-0.39, 0.29) is 6.71 Å². The van der Waals surface area contributed by atoms with Gasteiger partial charge in [-0.2, -0.15) is 0 Å². The molecule has 12 rings (SSSR count). The van der Waals surface area contributed by atoms with E-state index in [1.807, 2.05) is 0 Å². The SMILES string of the molecule is c1ccc(-c2ccccc2N2c3ccccc3B3c4cc5c(cc4Oc4cccc2c43)c2ccc(N(c3ccccc3)c3ccccc3)cc2n5-c2ccccc2)cc1. The van der Waals surface area contributed by atoms with Crippen molar-refractivity contribution in [1.82, 2.24) is 4.57 Å². The average molecular weight is 754 g/mol. The molecule has 1 aromatic heterocycles. The van der Waals surface area contributed by atoms with Crippen molar-refractivity contribution in [2.24, 2.45) is 0 Å². The average Bonchev–Trinajstić information content (AvgIpc) is 3.62. The highest BCUT2D eigenvalue weighted by Gasteiger charge is 2.42.